The number of aromatic nitrogens is 6. The maximum atomic E-state index is 9.98. The predicted molar refractivity (Wildman–Crippen MR) is 131 cm³/mol. The number of fused-ring (bicyclic) bond motifs is 1. The van der Waals surface area contributed by atoms with Crippen molar-refractivity contribution in [3.05, 3.63) is 66.6 Å². The zero-order chi connectivity index (χ0) is 23.6. The molecule has 4 aromatic heterocycles. The highest BCUT2D eigenvalue weighted by Crippen LogP contribution is 2.32. The predicted octanol–water partition coefficient (Wildman–Crippen LogP) is 3.63. The molecule has 1 N–H and O–H groups in total. The minimum absolute atomic E-state index is 0.0903. The summed E-state index contributed by atoms with van der Waals surface area (Å²) in [6.45, 7) is 4.16. The molecule has 0 unspecified atom stereocenters. The topological polar surface area (TPSA) is 102 Å². The number of pyridine rings is 2. The van der Waals surface area contributed by atoms with Crippen molar-refractivity contribution < 1.29 is 9.84 Å². The second-order valence-electron chi connectivity index (χ2n) is 9.07. The van der Waals surface area contributed by atoms with Crippen LogP contribution in [0.2, 0.25) is 0 Å². The van der Waals surface area contributed by atoms with Gasteiger partial charge in [0.1, 0.15) is 11.3 Å². The Balaban J connectivity index is 1.33. The van der Waals surface area contributed by atoms with Gasteiger partial charge in [-0.15, -0.1) is 0 Å². The SMILES string of the molecule is Oc1cncc(-c2nc(C3=CCOCC3)c3ncn(C4CCN(Cc5cccnc5)CC4)c3n2)c1. The average molecular weight is 470 g/mol. The summed E-state index contributed by atoms with van der Waals surface area (Å²) in [5.41, 5.74) is 5.52. The molecule has 0 radical (unpaired) electrons. The smallest absolute Gasteiger partial charge is 0.164 e. The van der Waals surface area contributed by atoms with Crippen molar-refractivity contribution in [3.63, 3.8) is 0 Å². The summed E-state index contributed by atoms with van der Waals surface area (Å²) in [6.07, 6.45) is 13.7. The van der Waals surface area contributed by atoms with Crippen LogP contribution in [0.3, 0.4) is 0 Å². The number of ether oxygens (including phenoxy) is 1. The number of hydrogen-bond donors (Lipinski definition) is 1. The first kappa shape index (κ1) is 21.8. The summed E-state index contributed by atoms with van der Waals surface area (Å²) in [5.74, 6) is 0.631. The maximum Gasteiger partial charge on any atom is 0.164 e. The normalized spacial score (nSPS) is 17.5. The van der Waals surface area contributed by atoms with Gasteiger partial charge in [-0.25, -0.2) is 15.0 Å². The molecule has 0 aliphatic carbocycles. The monoisotopic (exact) mass is 469 g/mol. The fraction of sp³-hybridized carbons (Fsp3) is 0.346. The third kappa shape index (κ3) is 4.52. The van der Waals surface area contributed by atoms with Gasteiger partial charge in [-0.2, -0.15) is 0 Å². The van der Waals surface area contributed by atoms with Gasteiger partial charge in [-0.05, 0) is 42.5 Å². The molecule has 1 fully saturated rings. The second-order valence-corrected chi connectivity index (χ2v) is 9.07. The van der Waals surface area contributed by atoms with Crippen LogP contribution in [0.4, 0.5) is 0 Å². The first-order valence-electron chi connectivity index (χ1n) is 12.0. The van der Waals surface area contributed by atoms with Gasteiger partial charge in [-0.3, -0.25) is 14.9 Å². The molecule has 6 heterocycles. The third-order valence-electron chi connectivity index (χ3n) is 6.75. The second kappa shape index (κ2) is 9.52. The number of likely N-dealkylation sites (tertiary alicyclic amines) is 1. The molecule has 0 aromatic carbocycles. The van der Waals surface area contributed by atoms with Gasteiger partial charge in [0.2, 0.25) is 0 Å². The number of rotatable bonds is 5. The highest BCUT2D eigenvalue weighted by atomic mass is 16.5. The van der Waals surface area contributed by atoms with E-state index >= 15 is 0 Å². The van der Waals surface area contributed by atoms with Crippen LogP contribution in [0.1, 0.15) is 36.6 Å². The van der Waals surface area contributed by atoms with Crippen LogP contribution in [0.15, 0.2) is 55.4 Å². The molecule has 0 bridgehead atoms. The molecule has 0 saturated carbocycles. The number of imidazole rings is 1. The van der Waals surface area contributed by atoms with Crippen LogP contribution < -0.4 is 0 Å². The molecule has 9 nitrogen and oxygen atoms in total. The number of aromatic hydroxyl groups is 1. The summed E-state index contributed by atoms with van der Waals surface area (Å²) in [5, 5.41) is 9.98. The molecule has 0 atom stereocenters. The summed E-state index contributed by atoms with van der Waals surface area (Å²) >= 11 is 0. The molecule has 9 heteroatoms. The summed E-state index contributed by atoms with van der Waals surface area (Å²) in [4.78, 5) is 25.4. The molecule has 4 aromatic rings. The van der Waals surface area contributed by atoms with E-state index in [-0.39, 0.29) is 5.75 Å². The van der Waals surface area contributed by atoms with Gasteiger partial charge in [0, 0.05) is 49.8 Å². The fourth-order valence-electron chi connectivity index (χ4n) is 4.93. The van der Waals surface area contributed by atoms with E-state index in [1.54, 1.807) is 12.3 Å². The van der Waals surface area contributed by atoms with Gasteiger partial charge in [0.05, 0.1) is 31.4 Å². The molecule has 0 spiro atoms. The molecule has 2 aliphatic heterocycles. The van der Waals surface area contributed by atoms with E-state index in [4.69, 9.17) is 19.7 Å². The fourth-order valence-corrected chi connectivity index (χ4v) is 4.93. The maximum absolute atomic E-state index is 9.98. The standard InChI is InChI=1S/C26H27N7O2/c34-22-12-20(14-28-15-22)25-30-23(19-5-10-35-11-6-19)24-26(31-25)33(17-29-24)21-3-8-32(9-4-21)16-18-2-1-7-27-13-18/h1-2,5,7,12-15,17,21,34H,3-4,6,8-11,16H2. The number of hydrogen-bond acceptors (Lipinski definition) is 8. The van der Waals surface area contributed by atoms with Crippen LogP contribution in [0.25, 0.3) is 28.1 Å². The average Bonchev–Trinajstić information content (AvgIpc) is 3.34. The molecule has 2 aliphatic rings. The van der Waals surface area contributed by atoms with E-state index in [1.807, 2.05) is 24.8 Å². The lowest BCUT2D eigenvalue weighted by atomic mass is 10.0. The molecule has 178 valence electrons. The van der Waals surface area contributed by atoms with E-state index in [0.29, 0.717) is 30.6 Å². The number of nitrogens with zero attached hydrogens (tertiary/aromatic N) is 7. The Kier molecular flexibility index (Phi) is 5.93. The van der Waals surface area contributed by atoms with E-state index in [9.17, 15) is 5.11 Å². The van der Waals surface area contributed by atoms with E-state index in [0.717, 1.165) is 61.3 Å². The van der Waals surface area contributed by atoms with Crippen LogP contribution in [0.5, 0.6) is 5.75 Å². The quantitative estimate of drug-likeness (QED) is 0.473. The van der Waals surface area contributed by atoms with Crippen molar-refractivity contribution in [2.75, 3.05) is 26.3 Å². The van der Waals surface area contributed by atoms with Crippen LogP contribution in [-0.4, -0.2) is 65.8 Å². The van der Waals surface area contributed by atoms with Crippen LogP contribution in [0, 0.1) is 0 Å². The lowest BCUT2D eigenvalue weighted by Crippen LogP contribution is -2.34. The van der Waals surface area contributed by atoms with Crippen molar-refractivity contribution >= 4 is 16.7 Å². The first-order chi connectivity index (χ1) is 17.2. The third-order valence-corrected chi connectivity index (χ3v) is 6.75. The van der Waals surface area contributed by atoms with Crippen molar-refractivity contribution in [2.45, 2.75) is 31.8 Å². The highest BCUT2D eigenvalue weighted by molar-refractivity contribution is 5.87. The zero-order valence-electron chi connectivity index (χ0n) is 19.4. The Morgan fingerprint density at radius 1 is 1.09 bits per heavy atom. The lowest BCUT2D eigenvalue weighted by molar-refractivity contribution is 0.161. The van der Waals surface area contributed by atoms with Crippen molar-refractivity contribution in [3.8, 4) is 17.1 Å². The van der Waals surface area contributed by atoms with E-state index in [2.05, 4.69) is 31.6 Å². The van der Waals surface area contributed by atoms with Gasteiger partial charge in [0.25, 0.3) is 0 Å². The Bertz CT molecular complexity index is 1360. The Morgan fingerprint density at radius 2 is 2.00 bits per heavy atom. The van der Waals surface area contributed by atoms with Gasteiger partial charge in [0.15, 0.2) is 11.5 Å². The summed E-state index contributed by atoms with van der Waals surface area (Å²) in [6, 6.07) is 6.08. The van der Waals surface area contributed by atoms with Crippen LogP contribution in [-0.2, 0) is 11.3 Å². The van der Waals surface area contributed by atoms with Crippen molar-refractivity contribution in [1.29, 1.82) is 0 Å². The van der Waals surface area contributed by atoms with Gasteiger partial charge >= 0.3 is 0 Å². The van der Waals surface area contributed by atoms with Crippen LogP contribution >= 0.6 is 0 Å². The first-order valence-corrected chi connectivity index (χ1v) is 12.0. The molecule has 35 heavy (non-hydrogen) atoms. The highest BCUT2D eigenvalue weighted by Gasteiger charge is 2.25. The Labute approximate surface area is 203 Å². The van der Waals surface area contributed by atoms with Gasteiger partial charge in [-0.1, -0.05) is 12.1 Å². The Morgan fingerprint density at radius 3 is 2.77 bits per heavy atom. The molecular weight excluding hydrogens is 442 g/mol. The molecule has 1 saturated heterocycles. The molecule has 0 amide bonds. The van der Waals surface area contributed by atoms with Crippen molar-refractivity contribution in [1.82, 2.24) is 34.4 Å². The minimum Gasteiger partial charge on any atom is -0.506 e. The van der Waals surface area contributed by atoms with Gasteiger partial charge < -0.3 is 14.4 Å². The number of piperidine rings is 1. The van der Waals surface area contributed by atoms with E-state index in [1.165, 1.54) is 11.8 Å². The molecular formula is C26H27N7O2. The summed E-state index contributed by atoms with van der Waals surface area (Å²) < 4.78 is 7.73. The Hall–Kier alpha value is -3.69. The van der Waals surface area contributed by atoms with Crippen molar-refractivity contribution in [2.24, 2.45) is 0 Å². The largest absolute Gasteiger partial charge is 0.506 e. The zero-order valence-corrected chi connectivity index (χ0v) is 19.4. The lowest BCUT2D eigenvalue weighted by Gasteiger charge is -2.32. The van der Waals surface area contributed by atoms with E-state index < -0.39 is 0 Å². The minimum atomic E-state index is 0.0903. The summed E-state index contributed by atoms with van der Waals surface area (Å²) in [7, 11) is 0. The molecule has 6 rings (SSSR count).